The van der Waals surface area contributed by atoms with Crippen LogP contribution in [0, 0.1) is 5.92 Å². The van der Waals surface area contributed by atoms with Gasteiger partial charge in [-0.15, -0.1) is 0 Å². The van der Waals surface area contributed by atoms with Gasteiger partial charge in [0.15, 0.2) is 0 Å². The highest BCUT2D eigenvalue weighted by Gasteiger charge is 2.31. The van der Waals surface area contributed by atoms with E-state index in [1.165, 1.54) is 0 Å². The lowest BCUT2D eigenvalue weighted by Gasteiger charge is -2.38. The van der Waals surface area contributed by atoms with Crippen LogP contribution in [0.25, 0.3) is 0 Å². The van der Waals surface area contributed by atoms with Gasteiger partial charge in [0.1, 0.15) is 0 Å². The van der Waals surface area contributed by atoms with Crippen molar-refractivity contribution in [3.05, 3.63) is 0 Å². The Morgan fingerprint density at radius 2 is 2.36 bits per heavy atom. The molecule has 0 spiro atoms. The Bertz CT molecular complexity index is 155. The van der Waals surface area contributed by atoms with Crippen molar-refractivity contribution in [2.75, 3.05) is 19.8 Å². The van der Waals surface area contributed by atoms with Crippen molar-refractivity contribution in [3.63, 3.8) is 0 Å². The van der Waals surface area contributed by atoms with Gasteiger partial charge in [-0.2, -0.15) is 0 Å². The number of amides is 1. The number of carbonyl (C=O) groups is 1. The van der Waals surface area contributed by atoms with E-state index in [1.807, 2.05) is 0 Å². The molecule has 1 saturated heterocycles. The average molecular weight is 160 g/mol. The third-order valence-electron chi connectivity index (χ3n) is 1.88. The van der Waals surface area contributed by atoms with Crippen LogP contribution in [-0.4, -0.2) is 36.6 Å². The monoisotopic (exact) mass is 160 g/mol. The highest BCUT2D eigenvalue weighted by Crippen LogP contribution is 2.16. The van der Waals surface area contributed by atoms with E-state index in [-0.39, 0.29) is 18.5 Å². The lowest BCUT2D eigenvalue weighted by Crippen LogP contribution is -2.55. The molecular formula is C7H13FN2O. The Labute approximate surface area is 65.3 Å². The van der Waals surface area contributed by atoms with Gasteiger partial charge in [-0.25, -0.2) is 0 Å². The van der Waals surface area contributed by atoms with Crippen LogP contribution < -0.4 is 5.73 Å². The number of nitrogens with two attached hydrogens (primary N) is 1. The minimum atomic E-state index is -0.449. The molecule has 64 valence electrons. The summed E-state index contributed by atoms with van der Waals surface area (Å²) in [4.78, 5) is 12.7. The van der Waals surface area contributed by atoms with Gasteiger partial charge in [0, 0.05) is 19.0 Å². The zero-order chi connectivity index (χ0) is 8.43. The molecule has 1 aliphatic rings. The molecule has 1 amide bonds. The van der Waals surface area contributed by atoms with E-state index in [2.05, 4.69) is 0 Å². The minimum absolute atomic E-state index is 0.0534. The molecule has 0 bridgehead atoms. The number of rotatable bonds is 2. The standard InChI is InChI=1S/C7H13FN2O/c1-5(9)7(11)10-3-6(2-8)4-10/h5-6H,2-4,9H2,1H3/t5-/m1/s1. The summed E-state index contributed by atoms with van der Waals surface area (Å²) in [5.41, 5.74) is 5.35. The van der Waals surface area contributed by atoms with E-state index in [0.29, 0.717) is 13.1 Å². The maximum atomic E-state index is 11.9. The second-order valence-electron chi connectivity index (χ2n) is 3.05. The van der Waals surface area contributed by atoms with Crippen LogP contribution in [-0.2, 0) is 4.79 Å². The van der Waals surface area contributed by atoms with Crippen LogP contribution in [0.4, 0.5) is 4.39 Å². The molecule has 1 heterocycles. The molecule has 1 aliphatic heterocycles. The first-order valence-corrected chi connectivity index (χ1v) is 3.75. The third kappa shape index (κ3) is 1.68. The predicted molar refractivity (Wildman–Crippen MR) is 39.7 cm³/mol. The van der Waals surface area contributed by atoms with Crippen LogP contribution in [0.2, 0.25) is 0 Å². The summed E-state index contributed by atoms with van der Waals surface area (Å²) in [5, 5.41) is 0. The second kappa shape index (κ2) is 3.17. The van der Waals surface area contributed by atoms with Gasteiger partial charge in [0.2, 0.25) is 5.91 Å². The molecule has 0 unspecified atom stereocenters. The van der Waals surface area contributed by atoms with Crippen molar-refractivity contribution in [1.29, 1.82) is 0 Å². The summed E-state index contributed by atoms with van der Waals surface area (Å²) in [6.07, 6.45) is 0. The smallest absolute Gasteiger partial charge is 0.239 e. The topological polar surface area (TPSA) is 46.3 Å². The van der Waals surface area contributed by atoms with Gasteiger partial charge in [-0.1, -0.05) is 0 Å². The molecule has 4 heteroatoms. The number of alkyl halides is 1. The quantitative estimate of drug-likeness (QED) is 0.606. The average Bonchev–Trinajstić information content (AvgIpc) is 1.85. The summed E-state index contributed by atoms with van der Waals surface area (Å²) in [6.45, 7) is 2.39. The molecular weight excluding hydrogens is 147 g/mol. The van der Waals surface area contributed by atoms with Gasteiger partial charge in [0.05, 0.1) is 12.7 Å². The molecule has 0 aromatic rings. The van der Waals surface area contributed by atoms with Crippen LogP contribution in [0.15, 0.2) is 0 Å². The maximum absolute atomic E-state index is 11.9. The Kier molecular flexibility index (Phi) is 2.44. The Balaban J connectivity index is 2.27. The van der Waals surface area contributed by atoms with Gasteiger partial charge in [0.25, 0.3) is 0 Å². The number of halogens is 1. The number of nitrogens with zero attached hydrogens (tertiary/aromatic N) is 1. The molecule has 11 heavy (non-hydrogen) atoms. The molecule has 0 radical (unpaired) electrons. The number of hydrogen-bond acceptors (Lipinski definition) is 2. The maximum Gasteiger partial charge on any atom is 0.239 e. The molecule has 0 saturated carbocycles. The highest BCUT2D eigenvalue weighted by molar-refractivity contribution is 5.81. The van der Waals surface area contributed by atoms with Crippen molar-refractivity contribution < 1.29 is 9.18 Å². The zero-order valence-corrected chi connectivity index (χ0v) is 6.59. The first-order chi connectivity index (χ1) is 5.15. The molecule has 0 aromatic heterocycles. The van der Waals surface area contributed by atoms with E-state index < -0.39 is 6.04 Å². The number of hydrogen-bond donors (Lipinski definition) is 1. The summed E-state index contributed by atoms with van der Waals surface area (Å²) in [7, 11) is 0. The lowest BCUT2D eigenvalue weighted by atomic mass is 10.0. The molecule has 2 N–H and O–H groups in total. The van der Waals surface area contributed by atoms with Crippen molar-refractivity contribution in [1.82, 2.24) is 4.90 Å². The van der Waals surface area contributed by atoms with Gasteiger partial charge >= 0.3 is 0 Å². The summed E-state index contributed by atoms with van der Waals surface area (Å²) >= 11 is 0. The van der Waals surface area contributed by atoms with Crippen LogP contribution in [0.1, 0.15) is 6.92 Å². The fraction of sp³-hybridized carbons (Fsp3) is 0.857. The Morgan fingerprint density at radius 1 is 1.82 bits per heavy atom. The van der Waals surface area contributed by atoms with Crippen molar-refractivity contribution in [2.24, 2.45) is 11.7 Å². The van der Waals surface area contributed by atoms with E-state index in [4.69, 9.17) is 5.73 Å². The fourth-order valence-electron chi connectivity index (χ4n) is 1.14. The van der Waals surface area contributed by atoms with Crippen LogP contribution in [0.3, 0.4) is 0 Å². The second-order valence-corrected chi connectivity index (χ2v) is 3.05. The molecule has 1 atom stereocenters. The number of likely N-dealkylation sites (tertiary alicyclic amines) is 1. The van der Waals surface area contributed by atoms with E-state index in [0.717, 1.165) is 0 Å². The minimum Gasteiger partial charge on any atom is -0.340 e. The number of carbonyl (C=O) groups excluding carboxylic acids is 1. The van der Waals surface area contributed by atoms with E-state index in [9.17, 15) is 9.18 Å². The zero-order valence-electron chi connectivity index (χ0n) is 6.59. The molecule has 1 fully saturated rings. The van der Waals surface area contributed by atoms with Gasteiger partial charge in [-0.3, -0.25) is 9.18 Å². The molecule has 3 nitrogen and oxygen atoms in total. The first kappa shape index (κ1) is 8.46. The van der Waals surface area contributed by atoms with E-state index >= 15 is 0 Å². The van der Waals surface area contributed by atoms with Crippen molar-refractivity contribution in [3.8, 4) is 0 Å². The Hall–Kier alpha value is -0.640. The third-order valence-corrected chi connectivity index (χ3v) is 1.88. The van der Waals surface area contributed by atoms with Gasteiger partial charge < -0.3 is 10.6 Å². The molecule has 1 rings (SSSR count). The lowest BCUT2D eigenvalue weighted by molar-refractivity contribution is -0.138. The first-order valence-electron chi connectivity index (χ1n) is 3.75. The highest BCUT2D eigenvalue weighted by atomic mass is 19.1. The van der Waals surface area contributed by atoms with Gasteiger partial charge in [-0.05, 0) is 6.92 Å². The summed E-state index contributed by atoms with van der Waals surface area (Å²) in [5.74, 6) is -0.0209. The molecule has 0 aliphatic carbocycles. The summed E-state index contributed by atoms with van der Waals surface area (Å²) < 4.78 is 11.9. The normalized spacial score (nSPS) is 21.2. The largest absolute Gasteiger partial charge is 0.340 e. The predicted octanol–water partition coefficient (Wildman–Crippen LogP) is -0.238. The van der Waals surface area contributed by atoms with Crippen LogP contribution >= 0.6 is 0 Å². The van der Waals surface area contributed by atoms with Crippen molar-refractivity contribution >= 4 is 5.91 Å². The van der Waals surface area contributed by atoms with E-state index in [1.54, 1.807) is 11.8 Å². The fourth-order valence-corrected chi connectivity index (χ4v) is 1.14. The Morgan fingerprint density at radius 3 is 2.73 bits per heavy atom. The van der Waals surface area contributed by atoms with Crippen molar-refractivity contribution in [2.45, 2.75) is 13.0 Å². The summed E-state index contributed by atoms with van der Waals surface area (Å²) in [6, 6.07) is -0.449. The molecule has 0 aromatic carbocycles. The SMILES string of the molecule is C[C@@H](N)C(=O)N1CC(CF)C1. The van der Waals surface area contributed by atoms with Crippen LogP contribution in [0.5, 0.6) is 0 Å².